The van der Waals surface area contributed by atoms with E-state index >= 15 is 0 Å². The number of aryl methyl sites for hydroxylation is 2. The van der Waals surface area contributed by atoms with Crippen molar-refractivity contribution >= 4 is 40.6 Å². The summed E-state index contributed by atoms with van der Waals surface area (Å²) in [7, 11) is 1.74. The number of hydrogen-bond donors (Lipinski definition) is 4. The summed E-state index contributed by atoms with van der Waals surface area (Å²) in [5.41, 5.74) is 21.1. The predicted molar refractivity (Wildman–Crippen MR) is 248 cm³/mol. The number of esters is 1. The normalized spacial score (nSPS) is 19.3. The van der Waals surface area contributed by atoms with Crippen molar-refractivity contribution in [2.75, 3.05) is 69.9 Å². The zero-order valence-corrected chi connectivity index (χ0v) is 38.0. The molecule has 4 heterocycles. The topological polar surface area (TPSA) is 165 Å². The van der Waals surface area contributed by atoms with Gasteiger partial charge in [0.2, 0.25) is 12.3 Å². The van der Waals surface area contributed by atoms with Gasteiger partial charge in [-0.1, -0.05) is 38.8 Å². The van der Waals surface area contributed by atoms with Gasteiger partial charge in [0.05, 0.1) is 49.2 Å². The van der Waals surface area contributed by atoms with E-state index in [-0.39, 0.29) is 31.0 Å². The number of carbonyl (C=O) groups excluding carboxylic acids is 3. The lowest BCUT2D eigenvalue weighted by atomic mass is 9.84. The largest absolute Gasteiger partial charge is 0.464 e. The number of piperazine rings is 1. The Balaban J connectivity index is 1.34. The van der Waals surface area contributed by atoms with Gasteiger partial charge in [0, 0.05) is 86.4 Å². The molecule has 1 unspecified atom stereocenters. The Morgan fingerprint density at radius 3 is 2.57 bits per heavy atom. The van der Waals surface area contributed by atoms with Crippen molar-refractivity contribution in [3.8, 4) is 22.4 Å². The minimum atomic E-state index is -0.674. The van der Waals surface area contributed by atoms with Crippen molar-refractivity contribution in [1.82, 2.24) is 25.3 Å². The number of fused-ring (bicyclic) bond motifs is 4. The number of nitrogens with two attached hydrogens (primary N) is 1. The lowest BCUT2D eigenvalue weighted by Gasteiger charge is -2.36. The van der Waals surface area contributed by atoms with Crippen LogP contribution in [0.2, 0.25) is 0 Å². The smallest absolute Gasteiger partial charge is 0.324 e. The van der Waals surface area contributed by atoms with E-state index in [2.05, 4.69) is 101 Å². The molecule has 1 saturated heterocycles. The lowest BCUT2D eigenvalue weighted by Crippen LogP contribution is -2.47. The summed E-state index contributed by atoms with van der Waals surface area (Å²) in [6.07, 6.45) is 9.72. The van der Waals surface area contributed by atoms with Gasteiger partial charge in [-0.15, -0.1) is 0 Å². The van der Waals surface area contributed by atoms with Crippen LogP contribution in [0.15, 0.2) is 48.7 Å². The molecule has 1 aliphatic carbocycles. The first-order valence-electron chi connectivity index (χ1n) is 23.0. The highest BCUT2D eigenvalue weighted by atomic mass is 16.5. The van der Waals surface area contributed by atoms with Gasteiger partial charge in [-0.3, -0.25) is 29.7 Å². The number of methoxy groups -OCH3 is 1. The molecule has 4 bridgehead atoms. The van der Waals surface area contributed by atoms with Gasteiger partial charge < -0.3 is 34.7 Å². The standard InChI is InChI=1S/C49H68N8O6/c1-6-57-44-15-12-35-27-40(44)42(47(57)41-28-39(30-52-46(41)33(2)61-5)56-20-18-55(19-21-56)38-13-14-38)29-49(3,4)31-63-48(60)43(54-53-32-58)11-9-7-8-10-34-24-36(35)26-37(25-34)51-17-23-62-22-16-45(50)59/h12,15,24-28,30,32-33,38,43,51,54H,6-11,13-14,16-23,29,31H2,1-5H3,(H2,50,59)(H,53,58)/t33?,43-/m0/s1. The zero-order chi connectivity index (χ0) is 44.5. The molecule has 5 N–H and O–H groups in total. The molecule has 2 amide bonds. The van der Waals surface area contributed by atoms with E-state index in [0.29, 0.717) is 39.0 Å². The zero-order valence-electron chi connectivity index (χ0n) is 38.0. The second-order valence-electron chi connectivity index (χ2n) is 18.2. The van der Waals surface area contributed by atoms with E-state index in [4.69, 9.17) is 24.9 Å². The number of nitrogens with zero attached hydrogens (tertiary/aromatic N) is 4. The highest BCUT2D eigenvalue weighted by molar-refractivity contribution is 5.96. The first kappa shape index (κ1) is 46.0. The molecule has 4 aromatic rings. The Hall–Kier alpha value is -5.02. The summed E-state index contributed by atoms with van der Waals surface area (Å²) >= 11 is 0. The number of rotatable bonds is 16. The van der Waals surface area contributed by atoms with E-state index in [1.165, 1.54) is 18.4 Å². The fourth-order valence-corrected chi connectivity index (χ4v) is 9.25. The van der Waals surface area contributed by atoms with Gasteiger partial charge in [-0.25, -0.2) is 5.43 Å². The fourth-order valence-electron chi connectivity index (χ4n) is 9.25. The highest BCUT2D eigenvalue weighted by Crippen LogP contribution is 2.43. The first-order chi connectivity index (χ1) is 30.5. The van der Waals surface area contributed by atoms with E-state index < -0.39 is 11.5 Å². The van der Waals surface area contributed by atoms with E-state index in [1.54, 1.807) is 7.11 Å². The molecule has 2 aliphatic heterocycles. The third kappa shape index (κ3) is 11.6. The molecule has 14 nitrogen and oxygen atoms in total. The Morgan fingerprint density at radius 1 is 1.03 bits per heavy atom. The number of amides is 2. The minimum Gasteiger partial charge on any atom is -0.464 e. The maximum Gasteiger partial charge on any atom is 0.324 e. The number of ether oxygens (including phenoxy) is 3. The van der Waals surface area contributed by atoms with Crippen LogP contribution in [-0.2, 0) is 48.0 Å². The molecule has 14 heteroatoms. The number of benzene rings is 2. The molecular weight excluding hydrogens is 797 g/mol. The van der Waals surface area contributed by atoms with Crippen molar-refractivity contribution in [2.24, 2.45) is 11.1 Å². The van der Waals surface area contributed by atoms with Crippen molar-refractivity contribution in [2.45, 2.75) is 110 Å². The Kier molecular flexibility index (Phi) is 15.4. The number of cyclic esters (lactones) is 1. The van der Waals surface area contributed by atoms with Gasteiger partial charge in [-0.05, 0) is 105 Å². The molecule has 3 aliphatic rings. The average Bonchev–Trinajstić information content (AvgIpc) is 4.09. The third-order valence-electron chi connectivity index (χ3n) is 12.8. The second-order valence-corrected chi connectivity index (χ2v) is 18.2. The van der Waals surface area contributed by atoms with E-state index in [9.17, 15) is 14.4 Å². The van der Waals surface area contributed by atoms with Gasteiger partial charge in [-0.2, -0.15) is 0 Å². The molecule has 1 saturated carbocycles. The second kappa shape index (κ2) is 21.1. The summed E-state index contributed by atoms with van der Waals surface area (Å²) in [5, 5.41) is 4.70. The number of pyridine rings is 1. The molecule has 7 rings (SSSR count). The van der Waals surface area contributed by atoms with Crippen molar-refractivity contribution in [3.63, 3.8) is 0 Å². The number of aromatic nitrogens is 2. The molecule has 340 valence electrons. The molecule has 63 heavy (non-hydrogen) atoms. The Labute approximate surface area is 372 Å². The first-order valence-corrected chi connectivity index (χ1v) is 23.0. The quantitative estimate of drug-likeness (QED) is 0.0419. The number of primary amides is 1. The van der Waals surface area contributed by atoms with Crippen LogP contribution in [0.25, 0.3) is 33.3 Å². The van der Waals surface area contributed by atoms with Crippen molar-refractivity contribution in [1.29, 1.82) is 0 Å². The molecule has 2 atom stereocenters. The van der Waals surface area contributed by atoms with Gasteiger partial charge in [0.1, 0.15) is 6.04 Å². The van der Waals surface area contributed by atoms with E-state index in [1.807, 2.05) is 6.20 Å². The van der Waals surface area contributed by atoms with Crippen LogP contribution in [0.1, 0.15) is 95.6 Å². The summed E-state index contributed by atoms with van der Waals surface area (Å²) in [4.78, 5) is 46.5. The van der Waals surface area contributed by atoms with Crippen molar-refractivity contribution in [3.05, 3.63) is 65.5 Å². The van der Waals surface area contributed by atoms with Crippen LogP contribution < -0.4 is 26.8 Å². The Morgan fingerprint density at radius 2 is 1.84 bits per heavy atom. The van der Waals surface area contributed by atoms with Crippen LogP contribution in [0, 0.1) is 5.41 Å². The molecule has 2 aromatic carbocycles. The average molecular weight is 865 g/mol. The summed E-state index contributed by atoms with van der Waals surface area (Å²) in [6.45, 7) is 14.8. The maximum absolute atomic E-state index is 13.7. The monoisotopic (exact) mass is 865 g/mol. The highest BCUT2D eigenvalue weighted by Gasteiger charge is 2.33. The van der Waals surface area contributed by atoms with Gasteiger partial charge >= 0.3 is 5.97 Å². The number of nitrogens with one attached hydrogen (secondary N) is 3. The van der Waals surface area contributed by atoms with Gasteiger partial charge in [0.15, 0.2) is 0 Å². The van der Waals surface area contributed by atoms with E-state index in [0.717, 1.165) is 120 Å². The number of hydrogen-bond acceptors (Lipinski definition) is 11. The molecule has 0 radical (unpaired) electrons. The van der Waals surface area contributed by atoms with Gasteiger partial charge in [0.25, 0.3) is 0 Å². The predicted octanol–water partition coefficient (Wildman–Crippen LogP) is 6.53. The molecule has 0 spiro atoms. The molecule has 2 aromatic heterocycles. The number of hydrazine groups is 1. The van der Waals surface area contributed by atoms with Crippen LogP contribution in [0.5, 0.6) is 0 Å². The Bertz CT molecular complexity index is 2210. The number of anilines is 2. The third-order valence-corrected chi connectivity index (χ3v) is 12.8. The minimum absolute atomic E-state index is 0.192. The molecule has 2 fully saturated rings. The lowest BCUT2D eigenvalue weighted by molar-refractivity contribution is -0.149. The summed E-state index contributed by atoms with van der Waals surface area (Å²) in [5.74, 6) is -0.756. The van der Waals surface area contributed by atoms with Crippen LogP contribution >= 0.6 is 0 Å². The van der Waals surface area contributed by atoms with Crippen LogP contribution in [-0.4, -0.2) is 104 Å². The number of carbonyl (C=O) groups is 3. The van der Waals surface area contributed by atoms with Crippen LogP contribution in [0.3, 0.4) is 0 Å². The van der Waals surface area contributed by atoms with Crippen LogP contribution in [0.4, 0.5) is 11.4 Å². The summed E-state index contributed by atoms with van der Waals surface area (Å²) in [6, 6.07) is 15.9. The van der Waals surface area contributed by atoms with Crippen molar-refractivity contribution < 1.29 is 28.6 Å². The maximum atomic E-state index is 13.7. The SMILES string of the molecule is CCn1c(-c2cc(N3CCN(C4CC4)CC3)cnc2C(C)OC)c2c3cc(ccc31)-c1cc(cc(NCCOCCC(N)=O)c1)CCCCC[C@H](NNC=O)C(=O)OCC(C)(C)C2. The summed E-state index contributed by atoms with van der Waals surface area (Å²) < 4.78 is 20.2. The fraction of sp³-hybridized carbons (Fsp3) is 0.551. The molecular formula is C49H68N8O6.